The predicted molar refractivity (Wildman–Crippen MR) is 90.3 cm³/mol. The first-order valence-electron chi connectivity index (χ1n) is 7.28. The molecule has 2 aliphatic heterocycles. The topological polar surface area (TPSA) is 56.2 Å². The second-order valence-electron chi connectivity index (χ2n) is 5.55. The van der Waals surface area contributed by atoms with Gasteiger partial charge in [0.05, 0.1) is 16.9 Å². The van der Waals surface area contributed by atoms with Crippen LogP contribution in [0.25, 0.3) is 0 Å². The second kappa shape index (κ2) is 5.39. The summed E-state index contributed by atoms with van der Waals surface area (Å²) in [7, 11) is 5.48. The first-order chi connectivity index (χ1) is 10.9. The molecule has 0 N–H and O–H groups in total. The summed E-state index contributed by atoms with van der Waals surface area (Å²) in [5.74, 6) is 0.431. The van der Waals surface area contributed by atoms with Gasteiger partial charge in [0.25, 0.3) is 5.91 Å². The number of allylic oxidation sites excluding steroid dienone is 2. The van der Waals surface area contributed by atoms with E-state index >= 15 is 0 Å². The standard InChI is InChI=1S/C17H18N4O2/c1-11(22)16-12(17(23)21(4)18-16)9-10-15-19(2)13-7-5-6-8-14(13)20(15)3/h5-10H,1-4H3/b12-9+. The molecule has 0 aromatic heterocycles. The molecule has 1 amide bonds. The lowest BCUT2D eigenvalue weighted by atomic mass is 10.1. The highest BCUT2D eigenvalue weighted by Crippen LogP contribution is 2.39. The maximum Gasteiger partial charge on any atom is 0.276 e. The normalized spacial score (nSPS) is 18.7. The number of para-hydroxylation sites is 2. The summed E-state index contributed by atoms with van der Waals surface area (Å²) in [6.07, 6.45) is 3.51. The van der Waals surface area contributed by atoms with Crippen LogP contribution in [0.5, 0.6) is 0 Å². The molecule has 0 fully saturated rings. The molecule has 0 saturated heterocycles. The summed E-state index contributed by atoms with van der Waals surface area (Å²) >= 11 is 0. The molecule has 0 spiro atoms. The number of ketones is 1. The summed E-state index contributed by atoms with van der Waals surface area (Å²) in [6.45, 7) is 1.41. The first kappa shape index (κ1) is 15.0. The second-order valence-corrected chi connectivity index (χ2v) is 5.55. The largest absolute Gasteiger partial charge is 0.329 e. The van der Waals surface area contributed by atoms with Gasteiger partial charge in [-0.25, -0.2) is 5.01 Å². The van der Waals surface area contributed by atoms with E-state index in [1.807, 2.05) is 54.2 Å². The molecule has 23 heavy (non-hydrogen) atoms. The first-order valence-corrected chi connectivity index (χ1v) is 7.28. The number of carbonyl (C=O) groups excluding carboxylic acids is 2. The summed E-state index contributed by atoms with van der Waals surface area (Å²) in [4.78, 5) is 27.9. The summed E-state index contributed by atoms with van der Waals surface area (Å²) in [6, 6.07) is 8.05. The molecule has 6 nitrogen and oxygen atoms in total. The van der Waals surface area contributed by atoms with Gasteiger partial charge in [-0.1, -0.05) is 12.1 Å². The van der Waals surface area contributed by atoms with E-state index in [1.165, 1.54) is 11.9 Å². The lowest BCUT2D eigenvalue weighted by Gasteiger charge is -2.17. The number of nitrogens with zero attached hydrogens (tertiary/aromatic N) is 4. The monoisotopic (exact) mass is 310 g/mol. The maximum absolute atomic E-state index is 12.1. The number of hydrogen-bond donors (Lipinski definition) is 0. The Morgan fingerprint density at radius 1 is 1.04 bits per heavy atom. The molecular weight excluding hydrogens is 292 g/mol. The third-order valence-corrected chi connectivity index (χ3v) is 4.05. The number of amides is 1. The third kappa shape index (κ3) is 2.32. The minimum absolute atomic E-state index is 0.204. The molecule has 6 heteroatoms. The van der Waals surface area contributed by atoms with Crippen LogP contribution in [0.4, 0.5) is 11.4 Å². The van der Waals surface area contributed by atoms with Crippen LogP contribution >= 0.6 is 0 Å². The van der Waals surface area contributed by atoms with Crippen LogP contribution < -0.4 is 9.80 Å². The van der Waals surface area contributed by atoms with Gasteiger partial charge in [-0.15, -0.1) is 0 Å². The SMILES string of the molecule is CC(=O)C1=NN(C)C(=O)/C1=C/C=C1N(C)c2ccccc2N1C. The number of anilines is 2. The Labute approximate surface area is 135 Å². The Bertz CT molecular complexity index is 761. The predicted octanol–water partition coefficient (Wildman–Crippen LogP) is 1.76. The third-order valence-electron chi connectivity index (χ3n) is 4.05. The minimum Gasteiger partial charge on any atom is -0.329 e. The zero-order chi connectivity index (χ0) is 16.7. The van der Waals surface area contributed by atoms with Gasteiger partial charge < -0.3 is 9.80 Å². The van der Waals surface area contributed by atoms with Crippen LogP contribution in [-0.2, 0) is 9.59 Å². The molecule has 0 bridgehead atoms. The minimum atomic E-state index is -0.270. The Balaban J connectivity index is 1.99. The molecule has 2 aliphatic rings. The fraction of sp³-hybridized carbons (Fsp3) is 0.235. The van der Waals surface area contributed by atoms with Gasteiger partial charge in [0.1, 0.15) is 11.5 Å². The smallest absolute Gasteiger partial charge is 0.276 e. The van der Waals surface area contributed by atoms with Crippen LogP contribution in [0.1, 0.15) is 6.92 Å². The van der Waals surface area contributed by atoms with Crippen molar-refractivity contribution < 1.29 is 9.59 Å². The van der Waals surface area contributed by atoms with Crippen molar-refractivity contribution in [2.24, 2.45) is 5.10 Å². The van der Waals surface area contributed by atoms with E-state index in [1.54, 1.807) is 13.1 Å². The van der Waals surface area contributed by atoms with Crippen molar-refractivity contribution in [2.75, 3.05) is 30.9 Å². The van der Waals surface area contributed by atoms with Crippen molar-refractivity contribution in [1.29, 1.82) is 0 Å². The molecule has 1 aromatic rings. The van der Waals surface area contributed by atoms with Crippen molar-refractivity contribution in [3.8, 4) is 0 Å². The van der Waals surface area contributed by atoms with E-state index < -0.39 is 0 Å². The van der Waals surface area contributed by atoms with E-state index in [2.05, 4.69) is 5.10 Å². The number of hydrogen-bond acceptors (Lipinski definition) is 5. The molecule has 0 radical (unpaired) electrons. The number of carbonyl (C=O) groups is 2. The molecule has 118 valence electrons. The highest BCUT2D eigenvalue weighted by molar-refractivity contribution is 6.52. The van der Waals surface area contributed by atoms with Crippen molar-refractivity contribution in [1.82, 2.24) is 5.01 Å². The van der Waals surface area contributed by atoms with Gasteiger partial charge in [-0.3, -0.25) is 9.59 Å². The van der Waals surface area contributed by atoms with Gasteiger partial charge in [0, 0.05) is 28.1 Å². The fourth-order valence-corrected chi connectivity index (χ4v) is 2.82. The molecule has 3 rings (SSSR count). The lowest BCUT2D eigenvalue weighted by molar-refractivity contribution is -0.124. The van der Waals surface area contributed by atoms with E-state index in [-0.39, 0.29) is 17.4 Å². The van der Waals surface area contributed by atoms with Crippen molar-refractivity contribution in [3.63, 3.8) is 0 Å². The number of fused-ring (bicyclic) bond motifs is 1. The summed E-state index contributed by atoms with van der Waals surface area (Å²) in [5.41, 5.74) is 2.71. The average molecular weight is 310 g/mol. The average Bonchev–Trinajstić information content (AvgIpc) is 2.95. The molecule has 0 saturated carbocycles. The van der Waals surface area contributed by atoms with Gasteiger partial charge in [-0.05, 0) is 24.3 Å². The zero-order valence-corrected chi connectivity index (χ0v) is 13.6. The summed E-state index contributed by atoms with van der Waals surface area (Å²) in [5, 5.41) is 5.19. The lowest BCUT2D eigenvalue weighted by Crippen LogP contribution is -2.22. The molecule has 2 heterocycles. The van der Waals surface area contributed by atoms with E-state index in [9.17, 15) is 9.59 Å². The fourth-order valence-electron chi connectivity index (χ4n) is 2.82. The number of Topliss-reactive ketones (excluding diaryl/α,β-unsaturated/α-hetero) is 1. The maximum atomic E-state index is 12.1. The molecule has 0 unspecified atom stereocenters. The molecular formula is C17H18N4O2. The van der Waals surface area contributed by atoms with Gasteiger partial charge in [-0.2, -0.15) is 5.10 Å². The van der Waals surface area contributed by atoms with E-state index in [0.29, 0.717) is 5.57 Å². The number of benzene rings is 1. The van der Waals surface area contributed by atoms with Crippen molar-refractivity contribution in [3.05, 3.63) is 47.8 Å². The summed E-state index contributed by atoms with van der Waals surface area (Å²) < 4.78 is 0. The van der Waals surface area contributed by atoms with Crippen molar-refractivity contribution >= 4 is 28.8 Å². The van der Waals surface area contributed by atoms with Crippen LogP contribution in [0.3, 0.4) is 0 Å². The quantitative estimate of drug-likeness (QED) is 0.781. The van der Waals surface area contributed by atoms with Gasteiger partial charge in [0.15, 0.2) is 5.78 Å². The van der Waals surface area contributed by atoms with Crippen LogP contribution in [0.2, 0.25) is 0 Å². The highest BCUT2D eigenvalue weighted by Gasteiger charge is 2.30. The van der Waals surface area contributed by atoms with E-state index in [4.69, 9.17) is 0 Å². The molecule has 1 aromatic carbocycles. The van der Waals surface area contributed by atoms with E-state index in [0.717, 1.165) is 17.2 Å². The number of hydrazone groups is 1. The van der Waals surface area contributed by atoms with Crippen LogP contribution in [0, 0.1) is 0 Å². The number of likely N-dealkylation sites (N-methyl/N-ethyl adjacent to an activating group) is 1. The Morgan fingerprint density at radius 2 is 1.61 bits per heavy atom. The molecule has 0 aliphatic carbocycles. The zero-order valence-electron chi connectivity index (χ0n) is 13.6. The Kier molecular flexibility index (Phi) is 3.52. The number of rotatable bonds is 2. The van der Waals surface area contributed by atoms with Crippen molar-refractivity contribution in [2.45, 2.75) is 6.92 Å². The van der Waals surface area contributed by atoms with Gasteiger partial charge in [0.2, 0.25) is 0 Å². The Hall–Kier alpha value is -2.89. The highest BCUT2D eigenvalue weighted by atomic mass is 16.2. The van der Waals surface area contributed by atoms with Gasteiger partial charge >= 0.3 is 0 Å². The Morgan fingerprint density at radius 3 is 2.13 bits per heavy atom. The van der Waals surface area contributed by atoms with Crippen LogP contribution in [-0.4, -0.2) is 43.6 Å². The van der Waals surface area contributed by atoms with Crippen LogP contribution in [0.15, 0.2) is 52.9 Å². The molecule has 0 atom stereocenters.